The van der Waals surface area contributed by atoms with Gasteiger partial charge >= 0.3 is 0 Å². The van der Waals surface area contributed by atoms with E-state index in [1.165, 1.54) is 5.57 Å². The summed E-state index contributed by atoms with van der Waals surface area (Å²) in [6.45, 7) is 9.39. The molecule has 2 heteroatoms. The van der Waals surface area contributed by atoms with Gasteiger partial charge in [-0.1, -0.05) is 27.7 Å². The van der Waals surface area contributed by atoms with Gasteiger partial charge in [0, 0.05) is 12.7 Å². The number of nitrogens with one attached hydrogen (secondary N) is 2. The standard InChI is InChI=1S/C6H12N2.C2H6/c1-5(2)6-3-7-8-4-6;1-2/h3,5,7-8H,4H2,1-2H3;1-2H3. The minimum atomic E-state index is 0.678. The molecule has 1 aliphatic heterocycles. The molecule has 1 aliphatic rings. The van der Waals surface area contributed by atoms with Gasteiger partial charge in [0.2, 0.25) is 0 Å². The van der Waals surface area contributed by atoms with E-state index in [2.05, 4.69) is 24.7 Å². The summed E-state index contributed by atoms with van der Waals surface area (Å²) in [6, 6.07) is 0. The fourth-order valence-corrected chi connectivity index (χ4v) is 0.719. The van der Waals surface area contributed by atoms with Crippen molar-refractivity contribution in [3.8, 4) is 0 Å². The molecule has 0 spiro atoms. The Labute approximate surface area is 63.7 Å². The first kappa shape index (κ1) is 9.50. The van der Waals surface area contributed by atoms with Gasteiger partial charge in [0.15, 0.2) is 0 Å². The molecule has 0 radical (unpaired) electrons. The summed E-state index contributed by atoms with van der Waals surface area (Å²) >= 11 is 0. The van der Waals surface area contributed by atoms with Gasteiger partial charge in [-0.15, -0.1) is 0 Å². The van der Waals surface area contributed by atoms with E-state index in [0.717, 1.165) is 6.54 Å². The highest BCUT2D eigenvalue weighted by Gasteiger charge is 2.05. The number of hydrazine groups is 1. The van der Waals surface area contributed by atoms with Gasteiger partial charge < -0.3 is 5.43 Å². The molecule has 2 N–H and O–H groups in total. The molecule has 0 amide bonds. The predicted octanol–water partition coefficient (Wildman–Crippen LogP) is 1.66. The Morgan fingerprint density at radius 1 is 1.40 bits per heavy atom. The lowest BCUT2D eigenvalue weighted by atomic mass is 10.1. The number of hydrogen-bond donors (Lipinski definition) is 2. The third-order valence-electron chi connectivity index (χ3n) is 1.39. The maximum Gasteiger partial charge on any atom is 0.0378 e. The quantitative estimate of drug-likeness (QED) is 0.582. The van der Waals surface area contributed by atoms with E-state index < -0.39 is 0 Å². The van der Waals surface area contributed by atoms with Crippen LogP contribution < -0.4 is 10.9 Å². The van der Waals surface area contributed by atoms with E-state index in [0.29, 0.717) is 5.92 Å². The van der Waals surface area contributed by atoms with E-state index in [9.17, 15) is 0 Å². The Bertz CT molecular complexity index is 106. The molecule has 0 aromatic rings. The molecule has 1 rings (SSSR count). The van der Waals surface area contributed by atoms with Crippen LogP contribution in [0.3, 0.4) is 0 Å². The van der Waals surface area contributed by atoms with E-state index in [-0.39, 0.29) is 0 Å². The zero-order valence-corrected chi connectivity index (χ0v) is 7.36. The first-order valence-corrected chi connectivity index (χ1v) is 3.98. The summed E-state index contributed by atoms with van der Waals surface area (Å²) in [7, 11) is 0. The molecule has 0 fully saturated rings. The van der Waals surface area contributed by atoms with E-state index >= 15 is 0 Å². The Hall–Kier alpha value is -0.500. The van der Waals surface area contributed by atoms with Gasteiger partial charge in [0.1, 0.15) is 0 Å². The van der Waals surface area contributed by atoms with Crippen molar-refractivity contribution in [2.45, 2.75) is 27.7 Å². The molecule has 0 saturated carbocycles. The van der Waals surface area contributed by atoms with Gasteiger partial charge in [-0.05, 0) is 11.5 Å². The maximum absolute atomic E-state index is 3.01. The smallest absolute Gasteiger partial charge is 0.0378 e. The Kier molecular flexibility index (Phi) is 5.03. The second-order valence-corrected chi connectivity index (χ2v) is 2.37. The molecule has 60 valence electrons. The molecule has 10 heavy (non-hydrogen) atoms. The van der Waals surface area contributed by atoms with Crippen LogP contribution in [0.2, 0.25) is 0 Å². The zero-order valence-electron chi connectivity index (χ0n) is 7.36. The normalized spacial score (nSPS) is 15.5. The van der Waals surface area contributed by atoms with Crippen molar-refractivity contribution >= 4 is 0 Å². The van der Waals surface area contributed by atoms with Crippen LogP contribution >= 0.6 is 0 Å². The fraction of sp³-hybridized carbons (Fsp3) is 0.750. The molecule has 0 bridgehead atoms. The van der Waals surface area contributed by atoms with Crippen molar-refractivity contribution < 1.29 is 0 Å². The second-order valence-electron chi connectivity index (χ2n) is 2.37. The number of hydrogen-bond acceptors (Lipinski definition) is 2. The SMILES string of the molecule is CC.CC(C)C1=CNNC1. The topological polar surface area (TPSA) is 24.1 Å². The van der Waals surface area contributed by atoms with E-state index in [4.69, 9.17) is 0 Å². The van der Waals surface area contributed by atoms with Crippen molar-refractivity contribution in [2.24, 2.45) is 5.92 Å². The Balaban J connectivity index is 0.000000371. The Morgan fingerprint density at radius 3 is 2.20 bits per heavy atom. The van der Waals surface area contributed by atoms with Crippen LogP contribution in [0, 0.1) is 5.92 Å². The van der Waals surface area contributed by atoms with Gasteiger partial charge in [0.25, 0.3) is 0 Å². The lowest BCUT2D eigenvalue weighted by Gasteiger charge is -2.01. The molecule has 0 atom stereocenters. The van der Waals surface area contributed by atoms with Gasteiger partial charge in [0.05, 0.1) is 0 Å². The van der Waals surface area contributed by atoms with Crippen LogP contribution in [-0.4, -0.2) is 6.54 Å². The molecule has 0 unspecified atom stereocenters. The predicted molar refractivity (Wildman–Crippen MR) is 45.4 cm³/mol. The minimum Gasteiger partial charge on any atom is -0.328 e. The second kappa shape index (κ2) is 5.30. The molecule has 2 nitrogen and oxygen atoms in total. The summed E-state index contributed by atoms with van der Waals surface area (Å²) in [4.78, 5) is 0. The van der Waals surface area contributed by atoms with Gasteiger partial charge in [-0.25, -0.2) is 5.43 Å². The van der Waals surface area contributed by atoms with Crippen LogP contribution in [0.15, 0.2) is 11.8 Å². The summed E-state index contributed by atoms with van der Waals surface area (Å²) in [5, 5.41) is 0. The third-order valence-corrected chi connectivity index (χ3v) is 1.39. The highest BCUT2D eigenvalue weighted by Crippen LogP contribution is 2.08. The summed E-state index contributed by atoms with van der Waals surface area (Å²) in [5.41, 5.74) is 7.40. The fourth-order valence-electron chi connectivity index (χ4n) is 0.719. The van der Waals surface area contributed by atoms with Crippen LogP contribution in [0.5, 0.6) is 0 Å². The van der Waals surface area contributed by atoms with Crippen LogP contribution in [0.1, 0.15) is 27.7 Å². The monoisotopic (exact) mass is 142 g/mol. The molecule has 0 aliphatic carbocycles. The molecule has 1 heterocycles. The Morgan fingerprint density at radius 2 is 2.00 bits per heavy atom. The third kappa shape index (κ3) is 2.87. The van der Waals surface area contributed by atoms with Crippen molar-refractivity contribution in [1.29, 1.82) is 0 Å². The van der Waals surface area contributed by atoms with Crippen molar-refractivity contribution in [1.82, 2.24) is 10.9 Å². The molecular formula is C8H18N2. The summed E-state index contributed by atoms with van der Waals surface area (Å²) in [5.74, 6) is 0.678. The average Bonchev–Trinajstić information content (AvgIpc) is 2.42. The lowest BCUT2D eigenvalue weighted by Crippen LogP contribution is -2.20. The number of rotatable bonds is 1. The van der Waals surface area contributed by atoms with Crippen molar-refractivity contribution in [2.75, 3.05) is 6.54 Å². The lowest BCUT2D eigenvalue weighted by molar-refractivity contribution is 0.686. The average molecular weight is 142 g/mol. The first-order valence-electron chi connectivity index (χ1n) is 3.98. The highest BCUT2D eigenvalue weighted by atomic mass is 15.4. The molecule has 0 aromatic heterocycles. The molecular weight excluding hydrogens is 124 g/mol. The maximum atomic E-state index is 3.01. The van der Waals surface area contributed by atoms with Crippen LogP contribution in [0.25, 0.3) is 0 Å². The van der Waals surface area contributed by atoms with Crippen LogP contribution in [0.4, 0.5) is 0 Å². The van der Waals surface area contributed by atoms with Crippen molar-refractivity contribution in [3.63, 3.8) is 0 Å². The minimum absolute atomic E-state index is 0.678. The first-order chi connectivity index (χ1) is 4.80. The summed E-state index contributed by atoms with van der Waals surface area (Å²) < 4.78 is 0. The molecule has 0 saturated heterocycles. The van der Waals surface area contributed by atoms with E-state index in [1.807, 2.05) is 20.0 Å². The highest BCUT2D eigenvalue weighted by molar-refractivity contribution is 5.08. The van der Waals surface area contributed by atoms with Crippen molar-refractivity contribution in [3.05, 3.63) is 11.8 Å². The largest absolute Gasteiger partial charge is 0.328 e. The van der Waals surface area contributed by atoms with Gasteiger partial charge in [-0.2, -0.15) is 0 Å². The summed E-state index contributed by atoms with van der Waals surface area (Å²) in [6.07, 6.45) is 2.03. The van der Waals surface area contributed by atoms with E-state index in [1.54, 1.807) is 0 Å². The molecule has 0 aromatic carbocycles. The zero-order chi connectivity index (χ0) is 7.98. The van der Waals surface area contributed by atoms with Gasteiger partial charge in [-0.3, -0.25) is 0 Å². The van der Waals surface area contributed by atoms with Crippen LogP contribution in [-0.2, 0) is 0 Å².